The van der Waals surface area contributed by atoms with Crippen molar-refractivity contribution in [2.75, 3.05) is 12.3 Å². The van der Waals surface area contributed by atoms with E-state index in [4.69, 9.17) is 0 Å². The van der Waals surface area contributed by atoms with Crippen LogP contribution in [0.1, 0.15) is 11.3 Å². The number of benzene rings is 1. The molecule has 0 bridgehead atoms. The van der Waals surface area contributed by atoms with Gasteiger partial charge in [0.1, 0.15) is 12.1 Å². The standard InChI is InChI=1S/C15H14FN3OS/c16-12-1-3-13(4-2-12)21-9-15(20)19-6-5-14-11(8-19)7-17-10-18-14/h1-4,7,10H,5-6,8-9H2. The minimum absolute atomic E-state index is 0.0822. The summed E-state index contributed by atoms with van der Waals surface area (Å²) in [4.78, 5) is 23.2. The number of carbonyl (C=O) groups excluding carboxylic acids is 1. The summed E-state index contributed by atoms with van der Waals surface area (Å²) in [6, 6.07) is 6.18. The van der Waals surface area contributed by atoms with Crippen LogP contribution in [0.2, 0.25) is 0 Å². The van der Waals surface area contributed by atoms with Gasteiger partial charge in [-0.2, -0.15) is 0 Å². The van der Waals surface area contributed by atoms with Crippen molar-refractivity contribution in [3.8, 4) is 0 Å². The van der Waals surface area contributed by atoms with E-state index in [2.05, 4.69) is 9.97 Å². The van der Waals surface area contributed by atoms with Crippen molar-refractivity contribution in [3.63, 3.8) is 0 Å². The van der Waals surface area contributed by atoms with Crippen LogP contribution >= 0.6 is 11.8 Å². The molecule has 0 fully saturated rings. The van der Waals surface area contributed by atoms with Crippen LogP contribution in [0.3, 0.4) is 0 Å². The lowest BCUT2D eigenvalue weighted by Gasteiger charge is -2.27. The van der Waals surface area contributed by atoms with Crippen LogP contribution in [0.25, 0.3) is 0 Å². The minimum atomic E-state index is -0.265. The molecule has 0 atom stereocenters. The molecule has 0 saturated heterocycles. The van der Waals surface area contributed by atoms with E-state index in [1.165, 1.54) is 23.9 Å². The first-order chi connectivity index (χ1) is 10.2. The van der Waals surface area contributed by atoms with Gasteiger partial charge < -0.3 is 4.90 Å². The van der Waals surface area contributed by atoms with Crippen molar-refractivity contribution in [1.82, 2.24) is 14.9 Å². The second-order valence-electron chi connectivity index (χ2n) is 4.80. The fourth-order valence-electron chi connectivity index (χ4n) is 2.25. The van der Waals surface area contributed by atoms with Crippen molar-refractivity contribution in [3.05, 3.63) is 53.9 Å². The Balaban J connectivity index is 1.58. The van der Waals surface area contributed by atoms with E-state index in [0.717, 1.165) is 22.6 Å². The first-order valence-corrected chi connectivity index (χ1v) is 7.65. The highest BCUT2D eigenvalue weighted by atomic mass is 32.2. The second-order valence-corrected chi connectivity index (χ2v) is 5.85. The molecule has 0 saturated carbocycles. The number of carbonyl (C=O) groups is 1. The molecule has 108 valence electrons. The molecule has 1 aromatic carbocycles. The van der Waals surface area contributed by atoms with E-state index < -0.39 is 0 Å². The average Bonchev–Trinajstić information content (AvgIpc) is 2.53. The molecule has 1 aromatic heterocycles. The Morgan fingerprint density at radius 2 is 2.14 bits per heavy atom. The number of rotatable bonds is 3. The molecule has 0 N–H and O–H groups in total. The predicted molar refractivity (Wildman–Crippen MR) is 78.3 cm³/mol. The molecular formula is C15H14FN3OS. The minimum Gasteiger partial charge on any atom is -0.337 e. The molecule has 2 aromatic rings. The number of aromatic nitrogens is 2. The second kappa shape index (κ2) is 6.22. The molecule has 0 aliphatic carbocycles. The van der Waals surface area contributed by atoms with Gasteiger partial charge in [-0.3, -0.25) is 4.79 Å². The molecule has 0 radical (unpaired) electrons. The smallest absolute Gasteiger partial charge is 0.233 e. The molecule has 3 rings (SSSR count). The van der Waals surface area contributed by atoms with E-state index in [1.54, 1.807) is 24.7 Å². The molecule has 4 nitrogen and oxygen atoms in total. The summed E-state index contributed by atoms with van der Waals surface area (Å²) in [6.45, 7) is 1.26. The first-order valence-electron chi connectivity index (χ1n) is 6.66. The number of fused-ring (bicyclic) bond motifs is 1. The summed E-state index contributed by atoms with van der Waals surface area (Å²) in [5.74, 6) is 0.173. The monoisotopic (exact) mass is 303 g/mol. The Hall–Kier alpha value is -1.95. The highest BCUT2D eigenvalue weighted by Crippen LogP contribution is 2.21. The zero-order valence-electron chi connectivity index (χ0n) is 11.3. The normalized spacial score (nSPS) is 13.9. The zero-order valence-corrected chi connectivity index (χ0v) is 12.1. The molecule has 0 unspecified atom stereocenters. The van der Waals surface area contributed by atoms with Gasteiger partial charge in [0, 0.05) is 36.2 Å². The fourth-order valence-corrected chi connectivity index (χ4v) is 3.05. The maximum Gasteiger partial charge on any atom is 0.233 e. The Labute approximate surface area is 126 Å². The largest absolute Gasteiger partial charge is 0.337 e. The zero-order chi connectivity index (χ0) is 14.7. The van der Waals surface area contributed by atoms with Crippen LogP contribution in [0.15, 0.2) is 41.7 Å². The number of thioether (sulfide) groups is 1. The maximum absolute atomic E-state index is 12.8. The lowest BCUT2D eigenvalue weighted by molar-refractivity contribution is -0.129. The summed E-state index contributed by atoms with van der Waals surface area (Å²) in [6.07, 6.45) is 4.08. The molecular weight excluding hydrogens is 289 g/mol. The van der Waals surface area contributed by atoms with Gasteiger partial charge in [0.2, 0.25) is 5.91 Å². The molecule has 1 aliphatic heterocycles. The van der Waals surface area contributed by atoms with Crippen LogP contribution in [0, 0.1) is 5.82 Å². The highest BCUT2D eigenvalue weighted by molar-refractivity contribution is 8.00. The van der Waals surface area contributed by atoms with Gasteiger partial charge in [0.15, 0.2) is 0 Å². The van der Waals surface area contributed by atoms with Gasteiger partial charge in [-0.25, -0.2) is 14.4 Å². The topological polar surface area (TPSA) is 46.1 Å². The summed E-state index contributed by atoms with van der Waals surface area (Å²) in [5, 5.41) is 0. The van der Waals surface area contributed by atoms with Crippen molar-refractivity contribution in [1.29, 1.82) is 0 Å². The van der Waals surface area contributed by atoms with Gasteiger partial charge in [-0.1, -0.05) is 0 Å². The first kappa shape index (κ1) is 14.0. The van der Waals surface area contributed by atoms with Gasteiger partial charge in [0.25, 0.3) is 0 Å². The lowest BCUT2D eigenvalue weighted by Crippen LogP contribution is -2.37. The molecule has 1 amide bonds. The number of hydrogen-bond donors (Lipinski definition) is 0. The maximum atomic E-state index is 12.8. The predicted octanol–water partition coefficient (Wildman–Crippen LogP) is 2.29. The van der Waals surface area contributed by atoms with Gasteiger partial charge in [0.05, 0.1) is 11.4 Å². The molecule has 0 spiro atoms. The Bertz CT molecular complexity index is 648. The Kier molecular flexibility index (Phi) is 4.15. The molecule has 21 heavy (non-hydrogen) atoms. The third-order valence-electron chi connectivity index (χ3n) is 3.39. The highest BCUT2D eigenvalue weighted by Gasteiger charge is 2.21. The van der Waals surface area contributed by atoms with E-state index in [0.29, 0.717) is 18.8 Å². The summed E-state index contributed by atoms with van der Waals surface area (Å²) in [7, 11) is 0. The third-order valence-corrected chi connectivity index (χ3v) is 4.39. The van der Waals surface area contributed by atoms with Crippen molar-refractivity contribution < 1.29 is 9.18 Å². The Morgan fingerprint density at radius 1 is 1.33 bits per heavy atom. The summed E-state index contributed by atoms with van der Waals surface area (Å²) >= 11 is 1.42. The summed E-state index contributed by atoms with van der Waals surface area (Å²) < 4.78 is 12.8. The number of nitrogens with zero attached hydrogens (tertiary/aromatic N) is 3. The van der Waals surface area contributed by atoms with E-state index >= 15 is 0 Å². The van der Waals surface area contributed by atoms with Crippen LogP contribution in [0.4, 0.5) is 4.39 Å². The van der Waals surface area contributed by atoms with Gasteiger partial charge in [-0.05, 0) is 24.3 Å². The van der Waals surface area contributed by atoms with Crippen LogP contribution in [-0.4, -0.2) is 33.1 Å². The van der Waals surface area contributed by atoms with Crippen LogP contribution < -0.4 is 0 Å². The quantitative estimate of drug-likeness (QED) is 0.816. The fraction of sp³-hybridized carbons (Fsp3) is 0.267. The van der Waals surface area contributed by atoms with Gasteiger partial charge in [-0.15, -0.1) is 11.8 Å². The van der Waals surface area contributed by atoms with Crippen molar-refractivity contribution in [2.45, 2.75) is 17.9 Å². The van der Waals surface area contributed by atoms with Crippen molar-refractivity contribution >= 4 is 17.7 Å². The van der Waals surface area contributed by atoms with E-state index in [1.807, 2.05) is 4.90 Å². The van der Waals surface area contributed by atoms with Crippen LogP contribution in [0.5, 0.6) is 0 Å². The lowest BCUT2D eigenvalue weighted by atomic mass is 10.1. The summed E-state index contributed by atoms with van der Waals surface area (Å²) in [5.41, 5.74) is 2.05. The number of hydrogen-bond acceptors (Lipinski definition) is 4. The molecule has 2 heterocycles. The van der Waals surface area contributed by atoms with E-state index in [-0.39, 0.29) is 11.7 Å². The van der Waals surface area contributed by atoms with Gasteiger partial charge >= 0.3 is 0 Å². The third kappa shape index (κ3) is 3.39. The SMILES string of the molecule is O=C(CSc1ccc(F)cc1)N1CCc2ncncc2C1. The Morgan fingerprint density at radius 3 is 2.95 bits per heavy atom. The molecule has 6 heteroatoms. The van der Waals surface area contributed by atoms with Crippen LogP contribution in [-0.2, 0) is 17.8 Å². The van der Waals surface area contributed by atoms with E-state index in [9.17, 15) is 9.18 Å². The average molecular weight is 303 g/mol. The van der Waals surface area contributed by atoms with Crippen molar-refractivity contribution in [2.24, 2.45) is 0 Å². The molecule has 1 aliphatic rings. The number of halogens is 1. The number of amides is 1.